The minimum Gasteiger partial charge on any atom is -0.465 e. The van der Waals surface area contributed by atoms with Crippen molar-refractivity contribution in [1.29, 1.82) is 0 Å². The van der Waals surface area contributed by atoms with Crippen LogP contribution in [0.4, 0.5) is 16.2 Å². The van der Waals surface area contributed by atoms with Crippen LogP contribution in [-0.2, 0) is 9.47 Å². The van der Waals surface area contributed by atoms with Gasteiger partial charge in [0.1, 0.15) is 11.3 Å². The first kappa shape index (κ1) is 19.5. The van der Waals surface area contributed by atoms with E-state index in [1.807, 2.05) is 0 Å². The number of anilines is 1. The summed E-state index contributed by atoms with van der Waals surface area (Å²) in [7, 11) is 1.24. The average Bonchev–Trinajstić information content (AvgIpc) is 3.01. The van der Waals surface area contributed by atoms with E-state index >= 15 is 0 Å². The van der Waals surface area contributed by atoms with Crippen molar-refractivity contribution in [2.24, 2.45) is 0 Å². The van der Waals surface area contributed by atoms with Gasteiger partial charge in [0.05, 0.1) is 17.6 Å². The lowest BCUT2D eigenvalue weighted by atomic mass is 10.1. The van der Waals surface area contributed by atoms with Crippen LogP contribution >= 0.6 is 0 Å². The predicted octanol–water partition coefficient (Wildman–Crippen LogP) is 2.80. The van der Waals surface area contributed by atoms with Crippen molar-refractivity contribution in [1.82, 2.24) is 4.90 Å². The highest BCUT2D eigenvalue weighted by molar-refractivity contribution is 5.91. The third-order valence-electron chi connectivity index (χ3n) is 3.81. The van der Waals surface area contributed by atoms with Crippen molar-refractivity contribution >= 4 is 23.4 Å². The number of nitro benzene ring substituents is 1. The second kappa shape index (κ2) is 7.59. The number of rotatable bonds is 4. The maximum absolute atomic E-state index is 12.1. The highest BCUT2D eigenvalue weighted by Crippen LogP contribution is 2.28. The number of nitrogens with zero attached hydrogens (tertiary/aromatic N) is 2. The molecule has 0 unspecified atom stereocenters. The van der Waals surface area contributed by atoms with Crippen molar-refractivity contribution in [3.8, 4) is 0 Å². The summed E-state index contributed by atoms with van der Waals surface area (Å²) in [5, 5.41) is 14.3. The van der Waals surface area contributed by atoms with Gasteiger partial charge in [0, 0.05) is 25.2 Å². The third-order valence-corrected chi connectivity index (χ3v) is 3.81. The zero-order valence-corrected chi connectivity index (χ0v) is 15.3. The number of methoxy groups -OCH3 is 1. The van der Waals surface area contributed by atoms with E-state index in [0.29, 0.717) is 19.5 Å². The minimum absolute atomic E-state index is 0.145. The van der Waals surface area contributed by atoms with Gasteiger partial charge in [0.25, 0.3) is 5.69 Å². The fraction of sp³-hybridized carbons (Fsp3) is 0.529. The van der Waals surface area contributed by atoms with E-state index in [9.17, 15) is 19.7 Å². The first-order chi connectivity index (χ1) is 12.1. The number of ether oxygens (including phenoxy) is 2. The molecule has 1 aromatic rings. The molecular formula is C17H23N3O6. The molecule has 0 aromatic heterocycles. The molecule has 1 aliphatic heterocycles. The van der Waals surface area contributed by atoms with Gasteiger partial charge in [0.15, 0.2) is 0 Å². The number of hydrogen-bond donors (Lipinski definition) is 1. The maximum Gasteiger partial charge on any atom is 0.410 e. The SMILES string of the molecule is COC(=O)c1ccc([N+](=O)[O-])c(N[C@@H]2CCN(C(=O)OC(C)(C)C)C2)c1. The monoisotopic (exact) mass is 365 g/mol. The average molecular weight is 365 g/mol. The highest BCUT2D eigenvalue weighted by atomic mass is 16.6. The molecular weight excluding hydrogens is 342 g/mol. The Morgan fingerprint density at radius 3 is 2.62 bits per heavy atom. The normalized spacial score (nSPS) is 16.9. The molecule has 1 N–H and O–H groups in total. The lowest BCUT2D eigenvalue weighted by molar-refractivity contribution is -0.384. The summed E-state index contributed by atoms with van der Waals surface area (Å²) in [6.07, 6.45) is 0.193. The van der Waals surface area contributed by atoms with Crippen LogP contribution in [0.15, 0.2) is 18.2 Å². The Hall–Kier alpha value is -2.84. The predicted molar refractivity (Wildman–Crippen MR) is 94.3 cm³/mol. The van der Waals surface area contributed by atoms with E-state index in [0.717, 1.165) is 0 Å². The molecule has 0 saturated carbocycles. The molecule has 0 bridgehead atoms. The number of nitrogens with one attached hydrogen (secondary N) is 1. The van der Waals surface area contributed by atoms with Crippen LogP contribution in [0.3, 0.4) is 0 Å². The van der Waals surface area contributed by atoms with Crippen molar-refractivity contribution in [3.63, 3.8) is 0 Å². The van der Waals surface area contributed by atoms with Crippen LogP contribution in [-0.4, -0.2) is 53.7 Å². The second-order valence-corrected chi connectivity index (χ2v) is 7.04. The number of esters is 1. The summed E-state index contributed by atoms with van der Waals surface area (Å²) in [6, 6.07) is 3.81. The summed E-state index contributed by atoms with van der Waals surface area (Å²) in [4.78, 5) is 36.1. The number of benzene rings is 1. The molecule has 2 rings (SSSR count). The zero-order valence-electron chi connectivity index (χ0n) is 15.3. The van der Waals surface area contributed by atoms with Gasteiger partial charge < -0.3 is 19.7 Å². The number of carbonyl (C=O) groups excluding carboxylic acids is 2. The number of likely N-dealkylation sites (tertiary alicyclic amines) is 1. The summed E-state index contributed by atoms with van der Waals surface area (Å²) in [5.41, 5.74) is -0.305. The molecule has 1 amide bonds. The Bertz CT molecular complexity index is 713. The summed E-state index contributed by atoms with van der Waals surface area (Å²) in [6.45, 7) is 6.21. The fourth-order valence-electron chi connectivity index (χ4n) is 2.65. The van der Waals surface area contributed by atoms with Crippen molar-refractivity contribution < 1.29 is 24.0 Å². The van der Waals surface area contributed by atoms with Gasteiger partial charge >= 0.3 is 12.1 Å². The fourth-order valence-corrected chi connectivity index (χ4v) is 2.65. The Kier molecular flexibility index (Phi) is 5.69. The molecule has 1 aromatic carbocycles. The number of carbonyl (C=O) groups is 2. The number of nitro groups is 1. The van der Waals surface area contributed by atoms with E-state index in [-0.39, 0.29) is 23.0 Å². The molecule has 1 heterocycles. The van der Waals surface area contributed by atoms with Crippen LogP contribution in [0.2, 0.25) is 0 Å². The van der Waals surface area contributed by atoms with E-state index in [1.54, 1.807) is 25.7 Å². The summed E-state index contributed by atoms with van der Waals surface area (Å²) in [5.74, 6) is -0.579. The molecule has 0 radical (unpaired) electrons. The molecule has 1 fully saturated rings. The van der Waals surface area contributed by atoms with Crippen molar-refractivity contribution in [3.05, 3.63) is 33.9 Å². The molecule has 26 heavy (non-hydrogen) atoms. The summed E-state index contributed by atoms with van der Waals surface area (Å²) < 4.78 is 9.99. The quantitative estimate of drug-likeness (QED) is 0.496. The first-order valence-corrected chi connectivity index (χ1v) is 8.22. The molecule has 1 aliphatic rings. The molecule has 0 spiro atoms. The van der Waals surface area contributed by atoms with E-state index in [1.165, 1.54) is 25.3 Å². The Labute approximate surface area is 151 Å². The van der Waals surface area contributed by atoms with Crippen molar-refractivity contribution in [2.75, 3.05) is 25.5 Å². The highest BCUT2D eigenvalue weighted by Gasteiger charge is 2.31. The Balaban J connectivity index is 2.12. The Morgan fingerprint density at radius 2 is 2.04 bits per heavy atom. The van der Waals surface area contributed by atoms with Gasteiger partial charge in [-0.25, -0.2) is 9.59 Å². The van der Waals surface area contributed by atoms with Crippen LogP contribution in [0.1, 0.15) is 37.6 Å². The van der Waals surface area contributed by atoms with E-state index in [4.69, 9.17) is 4.74 Å². The van der Waals surface area contributed by atoms with Crippen LogP contribution in [0, 0.1) is 10.1 Å². The van der Waals surface area contributed by atoms with Crippen LogP contribution in [0.5, 0.6) is 0 Å². The zero-order chi connectivity index (χ0) is 19.5. The van der Waals surface area contributed by atoms with Gasteiger partial charge in [-0.3, -0.25) is 10.1 Å². The first-order valence-electron chi connectivity index (χ1n) is 8.22. The van der Waals surface area contributed by atoms with Gasteiger partial charge in [0.2, 0.25) is 0 Å². The number of amides is 1. The van der Waals surface area contributed by atoms with Gasteiger partial charge in [-0.2, -0.15) is 0 Å². The van der Waals surface area contributed by atoms with E-state index < -0.39 is 22.6 Å². The largest absolute Gasteiger partial charge is 0.465 e. The lowest BCUT2D eigenvalue weighted by Crippen LogP contribution is -2.36. The molecule has 9 heteroatoms. The van der Waals surface area contributed by atoms with Gasteiger partial charge in [-0.1, -0.05) is 0 Å². The second-order valence-electron chi connectivity index (χ2n) is 7.04. The van der Waals surface area contributed by atoms with Gasteiger partial charge in [-0.15, -0.1) is 0 Å². The van der Waals surface area contributed by atoms with Crippen LogP contribution in [0.25, 0.3) is 0 Å². The van der Waals surface area contributed by atoms with Gasteiger partial charge in [-0.05, 0) is 39.3 Å². The smallest absolute Gasteiger partial charge is 0.410 e. The van der Waals surface area contributed by atoms with Crippen LogP contribution < -0.4 is 5.32 Å². The standard InChI is InChI=1S/C17H23N3O6/c1-17(2,3)26-16(22)19-8-7-12(10-19)18-13-9-11(15(21)25-4)5-6-14(13)20(23)24/h5-6,9,12,18H,7-8,10H2,1-4H3/t12-/m1/s1. The molecule has 1 atom stereocenters. The summed E-state index contributed by atoms with van der Waals surface area (Å²) >= 11 is 0. The molecule has 0 aliphatic carbocycles. The third kappa shape index (κ3) is 4.84. The number of hydrogen-bond acceptors (Lipinski definition) is 7. The molecule has 142 valence electrons. The topological polar surface area (TPSA) is 111 Å². The maximum atomic E-state index is 12.1. The Morgan fingerprint density at radius 1 is 1.35 bits per heavy atom. The van der Waals surface area contributed by atoms with Crippen molar-refractivity contribution in [2.45, 2.75) is 38.8 Å². The lowest BCUT2D eigenvalue weighted by Gasteiger charge is -2.24. The van der Waals surface area contributed by atoms with E-state index in [2.05, 4.69) is 10.1 Å². The molecule has 1 saturated heterocycles. The molecule has 9 nitrogen and oxygen atoms in total. The minimum atomic E-state index is -0.587.